The van der Waals surface area contributed by atoms with Gasteiger partial charge in [-0.25, -0.2) is 0 Å². The summed E-state index contributed by atoms with van der Waals surface area (Å²) in [6.45, 7) is 2.90. The SMILES string of the molecule is CN1CC(OCc2ccccc2)C1.O=Cc1ccc(NSc2cccc3cccnc23)cc1. The van der Waals surface area contributed by atoms with E-state index in [4.69, 9.17) is 4.74 Å². The second kappa shape index (κ2) is 11.6. The molecule has 3 aromatic carbocycles. The predicted molar refractivity (Wildman–Crippen MR) is 136 cm³/mol. The zero-order valence-electron chi connectivity index (χ0n) is 18.6. The lowest BCUT2D eigenvalue weighted by atomic mass is 10.2. The molecule has 1 aliphatic heterocycles. The van der Waals surface area contributed by atoms with Crippen LogP contribution < -0.4 is 4.72 Å². The number of carbonyl (C=O) groups excluding carboxylic acids is 1. The van der Waals surface area contributed by atoms with Gasteiger partial charge in [-0.3, -0.25) is 9.78 Å². The Morgan fingerprint density at radius 1 is 1.00 bits per heavy atom. The highest BCUT2D eigenvalue weighted by atomic mass is 32.2. The van der Waals surface area contributed by atoms with Crippen molar-refractivity contribution in [1.29, 1.82) is 0 Å². The molecular weight excluding hydrogens is 430 g/mol. The number of benzene rings is 3. The smallest absolute Gasteiger partial charge is 0.150 e. The fourth-order valence-corrected chi connectivity index (χ4v) is 4.22. The van der Waals surface area contributed by atoms with Crippen LogP contribution in [0.4, 0.5) is 5.69 Å². The van der Waals surface area contributed by atoms with Crippen molar-refractivity contribution in [2.24, 2.45) is 0 Å². The van der Waals surface area contributed by atoms with E-state index >= 15 is 0 Å². The van der Waals surface area contributed by atoms with Crippen molar-refractivity contribution < 1.29 is 9.53 Å². The van der Waals surface area contributed by atoms with Gasteiger partial charge in [-0.15, -0.1) is 0 Å². The largest absolute Gasteiger partial charge is 0.371 e. The molecule has 0 atom stereocenters. The number of nitrogens with zero attached hydrogens (tertiary/aromatic N) is 2. The Labute approximate surface area is 198 Å². The average molecular weight is 458 g/mol. The Morgan fingerprint density at radius 2 is 1.76 bits per heavy atom. The van der Waals surface area contributed by atoms with E-state index < -0.39 is 0 Å². The summed E-state index contributed by atoms with van der Waals surface area (Å²) in [6, 6.07) is 27.7. The lowest BCUT2D eigenvalue weighted by Crippen LogP contribution is -2.49. The summed E-state index contributed by atoms with van der Waals surface area (Å²) < 4.78 is 8.96. The predicted octanol–water partition coefficient (Wildman–Crippen LogP) is 5.68. The molecule has 6 heteroatoms. The van der Waals surface area contributed by atoms with Crippen LogP contribution in [0, 0.1) is 0 Å². The number of aromatic nitrogens is 1. The minimum Gasteiger partial charge on any atom is -0.371 e. The maximum absolute atomic E-state index is 10.6. The zero-order valence-corrected chi connectivity index (χ0v) is 19.4. The van der Waals surface area contributed by atoms with E-state index in [0.717, 1.165) is 47.5 Å². The molecule has 1 fully saturated rings. The molecule has 1 N–H and O–H groups in total. The van der Waals surface area contributed by atoms with Gasteiger partial charge >= 0.3 is 0 Å². The van der Waals surface area contributed by atoms with Gasteiger partial charge in [0.1, 0.15) is 6.29 Å². The van der Waals surface area contributed by atoms with Crippen LogP contribution in [0.3, 0.4) is 0 Å². The van der Waals surface area contributed by atoms with Gasteiger partial charge < -0.3 is 14.4 Å². The molecule has 5 rings (SSSR count). The number of pyridine rings is 1. The number of fused-ring (bicyclic) bond motifs is 1. The summed E-state index contributed by atoms with van der Waals surface area (Å²) >= 11 is 1.52. The number of hydrogen-bond donors (Lipinski definition) is 1. The topological polar surface area (TPSA) is 54.5 Å². The maximum atomic E-state index is 10.6. The third-order valence-corrected chi connectivity index (χ3v) is 6.17. The Bertz CT molecular complexity index is 1160. The third kappa shape index (κ3) is 6.65. The summed E-state index contributed by atoms with van der Waals surface area (Å²) in [6.07, 6.45) is 3.08. The van der Waals surface area contributed by atoms with Gasteiger partial charge in [0.25, 0.3) is 0 Å². The third-order valence-electron chi connectivity index (χ3n) is 5.28. The Morgan fingerprint density at radius 3 is 2.48 bits per heavy atom. The van der Waals surface area contributed by atoms with Gasteiger partial charge in [-0.1, -0.05) is 48.5 Å². The Kier molecular flexibility index (Phi) is 8.09. The maximum Gasteiger partial charge on any atom is 0.150 e. The molecule has 168 valence electrons. The van der Waals surface area contributed by atoms with Crippen molar-refractivity contribution in [3.63, 3.8) is 0 Å². The van der Waals surface area contributed by atoms with Crippen molar-refractivity contribution in [1.82, 2.24) is 9.88 Å². The monoisotopic (exact) mass is 457 g/mol. The van der Waals surface area contributed by atoms with Crippen molar-refractivity contribution in [3.8, 4) is 0 Å². The number of carbonyl (C=O) groups is 1. The molecule has 1 aliphatic rings. The van der Waals surface area contributed by atoms with Crippen LogP contribution in [0.15, 0.2) is 96.0 Å². The summed E-state index contributed by atoms with van der Waals surface area (Å²) in [5, 5.41) is 1.12. The molecule has 0 saturated carbocycles. The van der Waals surface area contributed by atoms with E-state index in [0.29, 0.717) is 11.7 Å². The quantitative estimate of drug-likeness (QED) is 0.284. The molecule has 0 amide bonds. The van der Waals surface area contributed by atoms with Crippen LogP contribution in [0.2, 0.25) is 0 Å². The van der Waals surface area contributed by atoms with Gasteiger partial charge in [0.05, 0.1) is 23.1 Å². The van der Waals surface area contributed by atoms with Crippen molar-refractivity contribution >= 4 is 34.8 Å². The highest BCUT2D eigenvalue weighted by molar-refractivity contribution is 8.00. The van der Waals surface area contributed by atoms with Gasteiger partial charge in [0.15, 0.2) is 0 Å². The van der Waals surface area contributed by atoms with Crippen LogP contribution in [0.1, 0.15) is 15.9 Å². The molecule has 0 aliphatic carbocycles. The molecular formula is C27H27N3O2S. The average Bonchev–Trinajstić information content (AvgIpc) is 2.86. The van der Waals surface area contributed by atoms with E-state index in [9.17, 15) is 4.79 Å². The Hall–Kier alpha value is -3.19. The number of likely N-dealkylation sites (tertiary alicyclic amines) is 1. The first-order valence-electron chi connectivity index (χ1n) is 10.9. The summed E-state index contributed by atoms with van der Waals surface area (Å²) in [5.41, 5.74) is 3.87. The first-order chi connectivity index (χ1) is 16.2. The van der Waals surface area contributed by atoms with E-state index in [2.05, 4.69) is 33.8 Å². The molecule has 1 saturated heterocycles. The minimum atomic E-state index is 0.449. The molecule has 0 unspecified atom stereocenters. The summed E-state index contributed by atoms with van der Waals surface area (Å²) in [5.74, 6) is 0. The lowest BCUT2D eigenvalue weighted by Gasteiger charge is -2.35. The van der Waals surface area contributed by atoms with Gasteiger partial charge in [0, 0.05) is 35.9 Å². The van der Waals surface area contributed by atoms with E-state index in [1.54, 1.807) is 18.3 Å². The summed E-state index contributed by atoms with van der Waals surface area (Å²) in [4.78, 5) is 18.4. The minimum absolute atomic E-state index is 0.449. The number of para-hydroxylation sites is 1. The standard InChI is InChI=1S/C16H12N2OS.C11H15NO/c19-11-12-6-8-14(9-7-12)18-20-15-5-1-3-13-4-2-10-17-16(13)15;1-12-7-11(8-12)13-9-10-5-3-2-4-6-10/h1-11,18H;2-6,11H,7-9H2,1H3. The molecule has 5 nitrogen and oxygen atoms in total. The van der Waals surface area contributed by atoms with Crippen molar-refractivity contribution in [2.75, 3.05) is 24.9 Å². The second-order valence-corrected chi connectivity index (χ2v) is 8.76. The summed E-state index contributed by atoms with van der Waals surface area (Å²) in [7, 11) is 2.11. The number of ether oxygens (including phenoxy) is 1. The number of rotatable bonds is 7. The van der Waals surface area contributed by atoms with Crippen LogP contribution in [0.5, 0.6) is 0 Å². The number of nitrogens with one attached hydrogen (secondary N) is 1. The Balaban J connectivity index is 0.000000172. The normalized spacial score (nSPS) is 13.6. The fraction of sp³-hybridized carbons (Fsp3) is 0.185. The first-order valence-corrected chi connectivity index (χ1v) is 11.7. The molecule has 2 heterocycles. The number of aldehydes is 1. The van der Waals surface area contributed by atoms with Crippen molar-refractivity contribution in [2.45, 2.75) is 17.6 Å². The van der Waals surface area contributed by atoms with Gasteiger partial charge in [-0.2, -0.15) is 0 Å². The molecule has 0 radical (unpaired) electrons. The molecule has 0 spiro atoms. The fourth-order valence-electron chi connectivity index (χ4n) is 3.44. The van der Waals surface area contributed by atoms with E-state index in [1.165, 1.54) is 17.5 Å². The first kappa shape index (κ1) is 23.0. The van der Waals surface area contributed by atoms with Crippen LogP contribution in [-0.4, -0.2) is 42.4 Å². The van der Waals surface area contributed by atoms with Gasteiger partial charge in [-0.05, 0) is 61.0 Å². The highest BCUT2D eigenvalue weighted by Crippen LogP contribution is 2.27. The van der Waals surface area contributed by atoms with E-state index in [-0.39, 0.29) is 0 Å². The number of hydrogen-bond acceptors (Lipinski definition) is 6. The second-order valence-electron chi connectivity index (χ2n) is 7.92. The molecule has 4 aromatic rings. The molecule has 1 aromatic heterocycles. The van der Waals surface area contributed by atoms with Crippen LogP contribution in [-0.2, 0) is 11.3 Å². The molecule has 33 heavy (non-hydrogen) atoms. The van der Waals surface area contributed by atoms with Crippen LogP contribution in [0.25, 0.3) is 10.9 Å². The number of anilines is 1. The highest BCUT2D eigenvalue weighted by Gasteiger charge is 2.23. The van der Waals surface area contributed by atoms with Crippen molar-refractivity contribution in [3.05, 3.63) is 102 Å². The molecule has 0 bridgehead atoms. The zero-order chi connectivity index (χ0) is 22.9. The lowest BCUT2D eigenvalue weighted by molar-refractivity contribution is -0.0518. The van der Waals surface area contributed by atoms with Crippen LogP contribution >= 0.6 is 11.9 Å². The van der Waals surface area contributed by atoms with E-state index in [1.807, 2.05) is 60.7 Å². The van der Waals surface area contributed by atoms with Gasteiger partial charge in [0.2, 0.25) is 0 Å². The number of likely N-dealkylation sites (N-methyl/N-ethyl adjacent to an activating group) is 1.